The lowest BCUT2D eigenvalue weighted by atomic mass is 10.2. The predicted octanol–water partition coefficient (Wildman–Crippen LogP) is 3.06. The lowest BCUT2D eigenvalue weighted by Gasteiger charge is -2.03. The number of rotatable bonds is 6. The van der Waals surface area contributed by atoms with E-state index in [9.17, 15) is 0 Å². The van der Waals surface area contributed by atoms with Crippen molar-refractivity contribution in [2.75, 3.05) is 13.2 Å². The van der Waals surface area contributed by atoms with Gasteiger partial charge in [-0.3, -0.25) is 0 Å². The van der Waals surface area contributed by atoms with Gasteiger partial charge in [0.1, 0.15) is 11.1 Å². The fourth-order valence-electron chi connectivity index (χ4n) is 2.11. The molecular weight excluding hydrogens is 232 g/mol. The van der Waals surface area contributed by atoms with Gasteiger partial charge in [0.25, 0.3) is 0 Å². The number of hydrogen-bond donors (Lipinski definition) is 1. The van der Waals surface area contributed by atoms with Crippen LogP contribution in [0.4, 0.5) is 0 Å². The third-order valence-corrected chi connectivity index (χ3v) is 4.24. The van der Waals surface area contributed by atoms with Gasteiger partial charge in [-0.2, -0.15) is 0 Å². The molecule has 0 amide bonds. The van der Waals surface area contributed by atoms with Crippen molar-refractivity contribution < 1.29 is 4.74 Å². The van der Waals surface area contributed by atoms with E-state index >= 15 is 0 Å². The summed E-state index contributed by atoms with van der Waals surface area (Å²) >= 11 is 1.83. The second kappa shape index (κ2) is 6.47. The summed E-state index contributed by atoms with van der Waals surface area (Å²) in [5.74, 6) is 0. The number of nitrogens with one attached hydrogen (secondary N) is 1. The molecule has 0 radical (unpaired) electrons. The number of aryl methyl sites for hydroxylation is 1. The summed E-state index contributed by atoms with van der Waals surface area (Å²) in [5, 5.41) is 4.65. The highest BCUT2D eigenvalue weighted by atomic mass is 32.1. The summed E-state index contributed by atoms with van der Waals surface area (Å²) in [4.78, 5) is 6.14. The summed E-state index contributed by atoms with van der Waals surface area (Å²) in [6.45, 7) is 7.31. The minimum Gasteiger partial charge on any atom is -0.371 e. The van der Waals surface area contributed by atoms with Gasteiger partial charge in [-0.1, -0.05) is 13.8 Å². The minimum atomic E-state index is 0.269. The highest BCUT2D eigenvalue weighted by Crippen LogP contribution is 2.33. The predicted molar refractivity (Wildman–Crippen MR) is 71.4 cm³/mol. The maximum atomic E-state index is 5.70. The lowest BCUT2D eigenvalue weighted by Crippen LogP contribution is -2.13. The Morgan fingerprint density at radius 3 is 3.00 bits per heavy atom. The number of nitrogens with zero attached hydrogens (tertiary/aromatic N) is 1. The number of aromatic nitrogens is 1. The zero-order valence-corrected chi connectivity index (χ0v) is 11.6. The van der Waals surface area contributed by atoms with Crippen molar-refractivity contribution in [1.82, 2.24) is 10.3 Å². The van der Waals surface area contributed by atoms with Gasteiger partial charge in [0.2, 0.25) is 0 Å². The Morgan fingerprint density at radius 2 is 2.35 bits per heavy atom. The van der Waals surface area contributed by atoms with Gasteiger partial charge >= 0.3 is 0 Å². The molecule has 1 aromatic heterocycles. The molecule has 2 heterocycles. The molecule has 1 N–H and O–H groups in total. The van der Waals surface area contributed by atoms with Crippen LogP contribution in [0.5, 0.6) is 0 Å². The van der Waals surface area contributed by atoms with Gasteiger partial charge in [0.05, 0.1) is 5.69 Å². The molecule has 1 aliphatic rings. The molecule has 0 aromatic carbocycles. The SMILES string of the molecule is CCCNCc1sc(C2CCCO2)nc1CC. The molecule has 0 bridgehead atoms. The van der Waals surface area contributed by atoms with E-state index in [1.165, 1.54) is 28.4 Å². The summed E-state index contributed by atoms with van der Waals surface area (Å²) in [7, 11) is 0. The second-order valence-electron chi connectivity index (χ2n) is 4.45. The molecule has 1 fully saturated rings. The van der Waals surface area contributed by atoms with Crippen LogP contribution >= 0.6 is 11.3 Å². The normalized spacial score (nSPS) is 20.0. The van der Waals surface area contributed by atoms with Crippen molar-refractivity contribution in [3.63, 3.8) is 0 Å². The smallest absolute Gasteiger partial charge is 0.122 e. The Hall–Kier alpha value is -0.450. The van der Waals surface area contributed by atoms with E-state index < -0.39 is 0 Å². The van der Waals surface area contributed by atoms with Crippen LogP contribution < -0.4 is 5.32 Å². The van der Waals surface area contributed by atoms with E-state index in [1.807, 2.05) is 11.3 Å². The van der Waals surface area contributed by atoms with Crippen LogP contribution in [0, 0.1) is 0 Å². The molecule has 1 atom stereocenters. The largest absolute Gasteiger partial charge is 0.371 e. The van der Waals surface area contributed by atoms with Crippen LogP contribution in [0.15, 0.2) is 0 Å². The lowest BCUT2D eigenvalue weighted by molar-refractivity contribution is 0.111. The molecule has 1 aliphatic heterocycles. The zero-order valence-electron chi connectivity index (χ0n) is 10.8. The van der Waals surface area contributed by atoms with Gasteiger partial charge in [0, 0.05) is 18.0 Å². The molecular formula is C13H22N2OS. The monoisotopic (exact) mass is 254 g/mol. The number of thiazole rings is 1. The van der Waals surface area contributed by atoms with E-state index in [4.69, 9.17) is 9.72 Å². The maximum Gasteiger partial charge on any atom is 0.122 e. The van der Waals surface area contributed by atoms with E-state index in [0.29, 0.717) is 0 Å². The van der Waals surface area contributed by atoms with E-state index in [2.05, 4.69) is 19.2 Å². The molecule has 17 heavy (non-hydrogen) atoms. The standard InChI is InChI=1S/C13H22N2OS/c1-3-7-14-9-12-10(4-2)15-13(17-12)11-6-5-8-16-11/h11,14H,3-9H2,1-2H3. The molecule has 2 rings (SSSR count). The molecule has 0 saturated carbocycles. The van der Waals surface area contributed by atoms with Crippen LogP contribution in [0.3, 0.4) is 0 Å². The first kappa shape index (κ1) is 13.0. The maximum absolute atomic E-state index is 5.70. The van der Waals surface area contributed by atoms with Gasteiger partial charge in [0.15, 0.2) is 0 Å². The Labute approximate surface area is 108 Å². The van der Waals surface area contributed by atoms with Crippen LogP contribution in [-0.4, -0.2) is 18.1 Å². The van der Waals surface area contributed by atoms with Crippen LogP contribution in [0.25, 0.3) is 0 Å². The van der Waals surface area contributed by atoms with Crippen molar-refractivity contribution in [2.24, 2.45) is 0 Å². The highest BCUT2D eigenvalue weighted by Gasteiger charge is 2.22. The fraction of sp³-hybridized carbons (Fsp3) is 0.769. The molecule has 1 unspecified atom stereocenters. The third-order valence-electron chi connectivity index (χ3n) is 3.05. The summed E-state index contributed by atoms with van der Waals surface area (Å²) in [6, 6.07) is 0. The first-order valence-electron chi connectivity index (χ1n) is 6.66. The molecule has 0 spiro atoms. The van der Waals surface area contributed by atoms with E-state index in [0.717, 1.165) is 32.5 Å². The zero-order chi connectivity index (χ0) is 12.1. The van der Waals surface area contributed by atoms with E-state index in [-0.39, 0.29) is 6.10 Å². The molecule has 1 saturated heterocycles. The second-order valence-corrected chi connectivity index (χ2v) is 5.57. The van der Waals surface area contributed by atoms with Gasteiger partial charge in [-0.05, 0) is 32.2 Å². The van der Waals surface area contributed by atoms with Crippen LogP contribution in [-0.2, 0) is 17.7 Å². The van der Waals surface area contributed by atoms with Crippen molar-refractivity contribution in [3.8, 4) is 0 Å². The number of ether oxygens (including phenoxy) is 1. The Morgan fingerprint density at radius 1 is 1.47 bits per heavy atom. The Bertz CT molecular complexity index is 345. The molecule has 4 heteroatoms. The third kappa shape index (κ3) is 3.27. The average Bonchev–Trinajstić information content (AvgIpc) is 2.97. The number of hydrogen-bond acceptors (Lipinski definition) is 4. The Kier molecular flexibility index (Phi) is 4.95. The van der Waals surface area contributed by atoms with Crippen LogP contribution in [0.1, 0.15) is 54.8 Å². The Balaban J connectivity index is 2.03. The van der Waals surface area contributed by atoms with E-state index in [1.54, 1.807) is 0 Å². The van der Waals surface area contributed by atoms with Gasteiger partial charge in [-0.15, -0.1) is 11.3 Å². The summed E-state index contributed by atoms with van der Waals surface area (Å²) in [5.41, 5.74) is 1.25. The fourth-order valence-corrected chi connectivity index (χ4v) is 3.31. The van der Waals surface area contributed by atoms with Crippen molar-refractivity contribution >= 4 is 11.3 Å². The molecule has 0 aliphatic carbocycles. The van der Waals surface area contributed by atoms with Crippen molar-refractivity contribution in [2.45, 2.75) is 52.2 Å². The van der Waals surface area contributed by atoms with Crippen molar-refractivity contribution in [1.29, 1.82) is 0 Å². The molecule has 1 aromatic rings. The molecule has 3 nitrogen and oxygen atoms in total. The minimum absolute atomic E-state index is 0.269. The van der Waals surface area contributed by atoms with Crippen molar-refractivity contribution in [3.05, 3.63) is 15.6 Å². The average molecular weight is 254 g/mol. The molecule has 96 valence electrons. The first-order chi connectivity index (χ1) is 8.35. The summed E-state index contributed by atoms with van der Waals surface area (Å²) in [6.07, 6.45) is 4.78. The quantitative estimate of drug-likeness (QED) is 0.792. The highest BCUT2D eigenvalue weighted by molar-refractivity contribution is 7.11. The van der Waals surface area contributed by atoms with Gasteiger partial charge < -0.3 is 10.1 Å². The van der Waals surface area contributed by atoms with Crippen LogP contribution in [0.2, 0.25) is 0 Å². The topological polar surface area (TPSA) is 34.1 Å². The summed E-state index contributed by atoms with van der Waals surface area (Å²) < 4.78 is 5.70. The first-order valence-corrected chi connectivity index (χ1v) is 7.47. The van der Waals surface area contributed by atoms with Gasteiger partial charge in [-0.25, -0.2) is 4.98 Å².